The molecule has 0 bridgehead atoms. The second kappa shape index (κ2) is 8.03. The molecule has 0 aliphatic carbocycles. The van der Waals surface area contributed by atoms with Crippen molar-refractivity contribution < 1.29 is 19.1 Å². The molecule has 0 rings (SSSR count). The van der Waals surface area contributed by atoms with Crippen LogP contribution in [0.5, 0.6) is 0 Å². The molecule has 4 nitrogen and oxygen atoms in total. The Bertz CT molecular complexity index is 243. The van der Waals surface area contributed by atoms with Gasteiger partial charge in [-0.25, -0.2) is 0 Å². The zero-order valence-corrected chi connectivity index (χ0v) is 9.54. The van der Waals surface area contributed by atoms with Gasteiger partial charge in [0.2, 0.25) is 0 Å². The SMILES string of the molecule is CCOC(=O)CC=C(C)CC(=O)OCC. The fourth-order valence-electron chi connectivity index (χ4n) is 0.989. The molecule has 0 fully saturated rings. The minimum atomic E-state index is -0.277. The Morgan fingerprint density at radius 1 is 1.07 bits per heavy atom. The van der Waals surface area contributed by atoms with E-state index in [2.05, 4.69) is 0 Å². The normalized spacial score (nSPS) is 11.0. The van der Waals surface area contributed by atoms with Crippen LogP contribution in [0, 0.1) is 0 Å². The summed E-state index contributed by atoms with van der Waals surface area (Å²) < 4.78 is 9.52. The fraction of sp³-hybridized carbons (Fsp3) is 0.636. The first-order chi connectivity index (χ1) is 7.10. The maximum Gasteiger partial charge on any atom is 0.309 e. The number of ether oxygens (including phenoxy) is 2. The zero-order chi connectivity index (χ0) is 11.7. The van der Waals surface area contributed by atoms with E-state index < -0.39 is 0 Å². The van der Waals surface area contributed by atoms with Crippen molar-refractivity contribution in [2.24, 2.45) is 0 Å². The molecule has 0 aliphatic rings. The summed E-state index contributed by atoms with van der Waals surface area (Å²) in [7, 11) is 0. The number of carbonyl (C=O) groups is 2. The summed E-state index contributed by atoms with van der Waals surface area (Å²) in [6.07, 6.45) is 2.13. The Balaban J connectivity index is 3.88. The van der Waals surface area contributed by atoms with Gasteiger partial charge in [-0.15, -0.1) is 0 Å². The number of hydrogen-bond acceptors (Lipinski definition) is 4. The second-order valence-corrected chi connectivity index (χ2v) is 3.04. The van der Waals surface area contributed by atoms with Crippen molar-refractivity contribution in [2.45, 2.75) is 33.6 Å². The summed E-state index contributed by atoms with van der Waals surface area (Å²) >= 11 is 0. The Morgan fingerprint density at radius 3 is 2.13 bits per heavy atom. The first kappa shape index (κ1) is 13.7. The first-order valence-corrected chi connectivity index (χ1v) is 5.07. The van der Waals surface area contributed by atoms with Crippen molar-refractivity contribution in [1.82, 2.24) is 0 Å². The van der Waals surface area contributed by atoms with Crippen LogP contribution in [0.15, 0.2) is 11.6 Å². The number of rotatable bonds is 6. The molecular formula is C11H18O4. The minimum absolute atomic E-state index is 0.207. The van der Waals surface area contributed by atoms with Gasteiger partial charge in [0, 0.05) is 0 Å². The van der Waals surface area contributed by atoms with E-state index in [1.807, 2.05) is 0 Å². The van der Waals surface area contributed by atoms with E-state index in [1.165, 1.54) is 0 Å². The second-order valence-electron chi connectivity index (χ2n) is 3.04. The first-order valence-electron chi connectivity index (χ1n) is 5.07. The van der Waals surface area contributed by atoms with Crippen molar-refractivity contribution in [1.29, 1.82) is 0 Å². The van der Waals surface area contributed by atoms with Gasteiger partial charge >= 0.3 is 11.9 Å². The van der Waals surface area contributed by atoms with E-state index in [9.17, 15) is 9.59 Å². The molecule has 4 heteroatoms. The standard InChI is InChI=1S/C11H18O4/c1-4-14-10(12)7-6-9(3)8-11(13)15-5-2/h6H,4-5,7-8H2,1-3H3. The Labute approximate surface area is 90.2 Å². The van der Waals surface area contributed by atoms with E-state index in [-0.39, 0.29) is 24.8 Å². The lowest BCUT2D eigenvalue weighted by Gasteiger charge is -2.02. The van der Waals surface area contributed by atoms with Crippen LogP contribution in [-0.2, 0) is 19.1 Å². The third-order valence-corrected chi connectivity index (χ3v) is 1.65. The number of hydrogen-bond donors (Lipinski definition) is 0. The highest BCUT2D eigenvalue weighted by Gasteiger charge is 2.04. The lowest BCUT2D eigenvalue weighted by atomic mass is 10.2. The average Bonchev–Trinajstić information content (AvgIpc) is 2.15. The van der Waals surface area contributed by atoms with Gasteiger partial charge in [0.1, 0.15) is 0 Å². The summed E-state index contributed by atoms with van der Waals surface area (Å²) in [6, 6.07) is 0. The molecule has 0 unspecified atom stereocenters. The topological polar surface area (TPSA) is 52.6 Å². The highest BCUT2D eigenvalue weighted by Crippen LogP contribution is 2.03. The molecule has 0 aromatic rings. The molecule has 0 heterocycles. The fourth-order valence-corrected chi connectivity index (χ4v) is 0.989. The van der Waals surface area contributed by atoms with Gasteiger partial charge in [-0.3, -0.25) is 9.59 Å². The molecule has 0 aliphatic heterocycles. The molecule has 15 heavy (non-hydrogen) atoms. The van der Waals surface area contributed by atoms with Crippen LogP contribution in [0.4, 0.5) is 0 Å². The van der Waals surface area contributed by atoms with Crippen LogP contribution >= 0.6 is 0 Å². The lowest BCUT2D eigenvalue weighted by Crippen LogP contribution is -2.05. The molecule has 0 saturated carbocycles. The highest BCUT2D eigenvalue weighted by molar-refractivity contribution is 5.74. The van der Waals surface area contributed by atoms with Crippen molar-refractivity contribution in [3.8, 4) is 0 Å². The summed E-state index contributed by atoms with van der Waals surface area (Å²) in [5, 5.41) is 0. The van der Waals surface area contributed by atoms with Crippen molar-refractivity contribution in [3.05, 3.63) is 11.6 Å². The predicted molar refractivity (Wildman–Crippen MR) is 56.3 cm³/mol. The van der Waals surface area contributed by atoms with Gasteiger partial charge in [-0.05, 0) is 20.8 Å². The van der Waals surface area contributed by atoms with Gasteiger partial charge in [0.25, 0.3) is 0 Å². The molecule has 0 saturated heterocycles. The van der Waals surface area contributed by atoms with Crippen LogP contribution in [0.3, 0.4) is 0 Å². The lowest BCUT2D eigenvalue weighted by molar-refractivity contribution is -0.143. The molecule has 0 radical (unpaired) electrons. The third kappa shape index (κ3) is 7.73. The Kier molecular flexibility index (Phi) is 7.32. The summed E-state index contributed by atoms with van der Waals surface area (Å²) in [5.41, 5.74) is 0.821. The van der Waals surface area contributed by atoms with E-state index >= 15 is 0 Å². The molecule has 0 amide bonds. The van der Waals surface area contributed by atoms with Crippen LogP contribution < -0.4 is 0 Å². The van der Waals surface area contributed by atoms with E-state index in [1.54, 1.807) is 26.8 Å². The van der Waals surface area contributed by atoms with Crippen LogP contribution in [0.1, 0.15) is 33.6 Å². The monoisotopic (exact) mass is 214 g/mol. The quantitative estimate of drug-likeness (QED) is 0.500. The van der Waals surface area contributed by atoms with Crippen molar-refractivity contribution in [2.75, 3.05) is 13.2 Å². The Morgan fingerprint density at radius 2 is 1.60 bits per heavy atom. The zero-order valence-electron chi connectivity index (χ0n) is 9.54. The maximum absolute atomic E-state index is 11.0. The third-order valence-electron chi connectivity index (χ3n) is 1.65. The molecular weight excluding hydrogens is 196 g/mol. The van der Waals surface area contributed by atoms with E-state index in [0.717, 1.165) is 5.57 Å². The van der Waals surface area contributed by atoms with Crippen molar-refractivity contribution >= 4 is 11.9 Å². The van der Waals surface area contributed by atoms with Crippen LogP contribution in [0.2, 0.25) is 0 Å². The van der Waals surface area contributed by atoms with Gasteiger partial charge in [-0.2, -0.15) is 0 Å². The predicted octanol–water partition coefficient (Wildman–Crippen LogP) is 1.84. The summed E-state index contributed by atoms with van der Waals surface area (Å²) in [4.78, 5) is 22.0. The van der Waals surface area contributed by atoms with E-state index in [0.29, 0.717) is 13.2 Å². The van der Waals surface area contributed by atoms with Gasteiger partial charge in [-0.1, -0.05) is 11.6 Å². The average molecular weight is 214 g/mol. The molecule has 0 atom stereocenters. The Hall–Kier alpha value is -1.32. The molecule has 0 aromatic heterocycles. The highest BCUT2D eigenvalue weighted by atomic mass is 16.5. The molecule has 86 valence electrons. The van der Waals surface area contributed by atoms with Gasteiger partial charge < -0.3 is 9.47 Å². The largest absolute Gasteiger partial charge is 0.466 e. The molecule has 0 spiro atoms. The maximum atomic E-state index is 11.0. The van der Waals surface area contributed by atoms with Crippen LogP contribution in [0.25, 0.3) is 0 Å². The van der Waals surface area contributed by atoms with Gasteiger partial charge in [0.05, 0.1) is 26.1 Å². The van der Waals surface area contributed by atoms with Gasteiger partial charge in [0.15, 0.2) is 0 Å². The van der Waals surface area contributed by atoms with E-state index in [4.69, 9.17) is 9.47 Å². The smallest absolute Gasteiger partial charge is 0.309 e. The number of esters is 2. The minimum Gasteiger partial charge on any atom is -0.466 e. The van der Waals surface area contributed by atoms with Crippen molar-refractivity contribution in [3.63, 3.8) is 0 Å². The molecule has 0 N–H and O–H groups in total. The summed E-state index contributed by atoms with van der Waals surface area (Å²) in [5.74, 6) is -0.546. The van der Waals surface area contributed by atoms with Crippen LogP contribution in [-0.4, -0.2) is 25.2 Å². The summed E-state index contributed by atoms with van der Waals surface area (Å²) in [6.45, 7) is 6.06. The number of carbonyl (C=O) groups excluding carboxylic acids is 2. The molecule has 0 aromatic carbocycles.